The molecule has 2 N–H and O–H groups in total. The van der Waals surface area contributed by atoms with Crippen LogP contribution < -0.4 is 9.64 Å². The van der Waals surface area contributed by atoms with Crippen LogP contribution in [0.5, 0.6) is 5.75 Å². The molecule has 204 valence electrons. The molecule has 2 fully saturated rings. The first kappa shape index (κ1) is 28.0. The third-order valence-corrected chi connectivity index (χ3v) is 7.12. The fraction of sp³-hybridized carbons (Fsp3) is 0.500. The lowest BCUT2D eigenvalue weighted by atomic mass is 9.84. The van der Waals surface area contributed by atoms with Gasteiger partial charge in [-0.1, -0.05) is 26.8 Å². The van der Waals surface area contributed by atoms with Crippen LogP contribution in [0, 0.1) is 5.41 Å². The van der Waals surface area contributed by atoms with E-state index in [2.05, 4.69) is 11.0 Å². The van der Waals surface area contributed by atoms with E-state index in [4.69, 9.17) is 19.9 Å². The Kier molecular flexibility index (Phi) is 8.13. The van der Waals surface area contributed by atoms with Gasteiger partial charge in [-0.3, -0.25) is 10.2 Å². The SMILES string of the molecule is Br.CC(C)(C)c1cc(C(=O)CN2Cc3ccc(C4CC4)nc3C2=N)cc(N2CCOCC2)c1OCC(=O)O. The number of aliphatic carboxylic acids is 1. The molecular formula is C28H35BrN4O5. The lowest BCUT2D eigenvalue weighted by Gasteiger charge is -2.33. The number of carbonyl (C=O) groups excluding carboxylic acids is 1. The molecule has 0 unspecified atom stereocenters. The summed E-state index contributed by atoms with van der Waals surface area (Å²) in [4.78, 5) is 33.6. The van der Waals surface area contributed by atoms with E-state index in [-0.39, 0.29) is 35.1 Å². The van der Waals surface area contributed by atoms with Gasteiger partial charge < -0.3 is 24.4 Å². The Morgan fingerprint density at radius 1 is 1.18 bits per heavy atom. The van der Waals surface area contributed by atoms with Crippen LogP contribution in [-0.2, 0) is 21.5 Å². The molecule has 38 heavy (non-hydrogen) atoms. The Morgan fingerprint density at radius 3 is 2.53 bits per heavy atom. The van der Waals surface area contributed by atoms with Gasteiger partial charge in [0, 0.05) is 47.9 Å². The Balaban J connectivity index is 0.00000336. The third kappa shape index (κ3) is 5.86. The summed E-state index contributed by atoms with van der Waals surface area (Å²) < 4.78 is 11.3. The molecule has 2 aromatic rings. The minimum Gasteiger partial charge on any atom is -0.479 e. The number of rotatable bonds is 8. The number of ether oxygens (including phenoxy) is 2. The maximum absolute atomic E-state index is 13.6. The summed E-state index contributed by atoms with van der Waals surface area (Å²) in [5.41, 5.74) is 4.30. The summed E-state index contributed by atoms with van der Waals surface area (Å²) in [6.07, 6.45) is 2.30. The summed E-state index contributed by atoms with van der Waals surface area (Å²) in [7, 11) is 0. The number of amidine groups is 1. The van der Waals surface area contributed by atoms with Crippen molar-refractivity contribution >= 4 is 40.3 Å². The predicted octanol–water partition coefficient (Wildman–Crippen LogP) is 4.16. The molecule has 0 atom stereocenters. The second kappa shape index (κ2) is 11.0. The van der Waals surface area contributed by atoms with Crippen molar-refractivity contribution in [1.82, 2.24) is 9.88 Å². The fourth-order valence-corrected chi connectivity index (χ4v) is 4.93. The molecule has 0 bridgehead atoms. The number of pyridine rings is 1. The predicted molar refractivity (Wildman–Crippen MR) is 149 cm³/mol. The van der Waals surface area contributed by atoms with E-state index in [1.165, 1.54) is 0 Å². The highest BCUT2D eigenvalue weighted by molar-refractivity contribution is 8.93. The number of morpholine rings is 1. The van der Waals surface area contributed by atoms with Gasteiger partial charge in [0.05, 0.1) is 25.4 Å². The molecule has 1 aromatic carbocycles. The number of anilines is 1. The van der Waals surface area contributed by atoms with Crippen molar-refractivity contribution < 1.29 is 24.2 Å². The van der Waals surface area contributed by atoms with Crippen LogP contribution >= 0.6 is 17.0 Å². The average Bonchev–Trinajstić information content (AvgIpc) is 3.67. The van der Waals surface area contributed by atoms with Crippen molar-refractivity contribution in [3.8, 4) is 5.75 Å². The zero-order valence-corrected chi connectivity index (χ0v) is 23.8. The summed E-state index contributed by atoms with van der Waals surface area (Å²) in [5.74, 6) is 0.122. The largest absolute Gasteiger partial charge is 0.479 e. The molecule has 1 aliphatic carbocycles. The van der Waals surface area contributed by atoms with Gasteiger partial charge in [-0.05, 0) is 36.5 Å². The minimum absolute atomic E-state index is 0. The molecule has 1 saturated carbocycles. The topological polar surface area (TPSA) is 116 Å². The molecule has 1 aromatic heterocycles. The number of nitrogens with zero attached hydrogens (tertiary/aromatic N) is 3. The smallest absolute Gasteiger partial charge is 0.341 e. The van der Waals surface area contributed by atoms with Gasteiger partial charge in [-0.25, -0.2) is 9.78 Å². The van der Waals surface area contributed by atoms with E-state index >= 15 is 0 Å². The molecule has 3 aliphatic rings. The van der Waals surface area contributed by atoms with Crippen LogP contribution in [0.2, 0.25) is 0 Å². The zero-order valence-electron chi connectivity index (χ0n) is 22.1. The number of halogens is 1. The summed E-state index contributed by atoms with van der Waals surface area (Å²) in [6, 6.07) is 7.71. The highest BCUT2D eigenvalue weighted by Crippen LogP contribution is 2.42. The maximum Gasteiger partial charge on any atom is 0.341 e. The van der Waals surface area contributed by atoms with Crippen molar-refractivity contribution in [3.05, 3.63) is 52.3 Å². The van der Waals surface area contributed by atoms with Gasteiger partial charge in [0.25, 0.3) is 0 Å². The average molecular weight is 588 g/mol. The molecule has 0 radical (unpaired) electrons. The van der Waals surface area contributed by atoms with E-state index in [1.807, 2.05) is 32.9 Å². The molecule has 0 amide bonds. The number of benzene rings is 1. The molecule has 2 aliphatic heterocycles. The third-order valence-electron chi connectivity index (χ3n) is 7.12. The van der Waals surface area contributed by atoms with Crippen LogP contribution in [0.15, 0.2) is 24.3 Å². The molecular weight excluding hydrogens is 552 g/mol. The Bertz CT molecular complexity index is 1250. The number of hydrogen-bond acceptors (Lipinski definition) is 7. The number of carbonyl (C=O) groups is 2. The molecule has 10 heteroatoms. The Labute approximate surface area is 233 Å². The number of carboxylic acid groups (broad SMARTS) is 1. The molecule has 3 heterocycles. The number of ketones is 1. The monoisotopic (exact) mass is 586 g/mol. The van der Waals surface area contributed by atoms with Crippen LogP contribution in [0.1, 0.15) is 72.4 Å². The van der Waals surface area contributed by atoms with Crippen molar-refractivity contribution in [2.24, 2.45) is 0 Å². The standard InChI is InChI=1S/C28H34N4O5.BrH/c1-28(2,3)20-12-19(13-22(26(20)37-16-24(34)35)31-8-10-36-11-9-31)23(33)15-32-14-18-6-7-21(17-4-5-17)30-25(18)27(32)29;/h6-7,12-13,17,29H,4-5,8-11,14-16H2,1-3H3,(H,34,35);1H. The number of carboxylic acids is 1. The van der Waals surface area contributed by atoms with Crippen molar-refractivity contribution in [2.45, 2.75) is 51.5 Å². The van der Waals surface area contributed by atoms with Gasteiger partial charge in [0.2, 0.25) is 0 Å². The van der Waals surface area contributed by atoms with Crippen LogP contribution in [-0.4, -0.2) is 72.0 Å². The number of aromatic nitrogens is 1. The quantitative estimate of drug-likeness (QED) is 0.443. The van der Waals surface area contributed by atoms with E-state index < -0.39 is 18.0 Å². The molecule has 5 rings (SSSR count). The Hall–Kier alpha value is -2.98. The van der Waals surface area contributed by atoms with Crippen LogP contribution in [0.3, 0.4) is 0 Å². The molecule has 0 spiro atoms. The second-order valence-electron chi connectivity index (χ2n) is 11.0. The van der Waals surface area contributed by atoms with Gasteiger partial charge in [-0.2, -0.15) is 0 Å². The first-order chi connectivity index (χ1) is 17.6. The van der Waals surface area contributed by atoms with Crippen molar-refractivity contribution in [3.63, 3.8) is 0 Å². The van der Waals surface area contributed by atoms with Gasteiger partial charge >= 0.3 is 5.97 Å². The summed E-state index contributed by atoms with van der Waals surface area (Å²) >= 11 is 0. The normalized spacial score (nSPS) is 17.2. The van der Waals surface area contributed by atoms with E-state index in [9.17, 15) is 14.7 Å². The van der Waals surface area contributed by atoms with Gasteiger partial charge in [0.1, 0.15) is 17.3 Å². The second-order valence-corrected chi connectivity index (χ2v) is 11.0. The van der Waals surface area contributed by atoms with Gasteiger partial charge in [0.15, 0.2) is 12.4 Å². The summed E-state index contributed by atoms with van der Waals surface area (Å²) in [6.45, 7) is 8.45. The van der Waals surface area contributed by atoms with Crippen molar-refractivity contribution in [2.75, 3.05) is 44.4 Å². The number of nitrogens with one attached hydrogen (secondary N) is 1. The molecule has 9 nitrogen and oxygen atoms in total. The van der Waals surface area contributed by atoms with Gasteiger partial charge in [-0.15, -0.1) is 17.0 Å². The lowest BCUT2D eigenvalue weighted by Crippen LogP contribution is -2.37. The van der Waals surface area contributed by atoms with Crippen LogP contribution in [0.4, 0.5) is 5.69 Å². The number of Topliss-reactive ketones (excluding diaryl/α,β-unsaturated/α-hetero) is 1. The van der Waals surface area contributed by atoms with E-state index in [0.717, 1.165) is 29.7 Å². The number of fused-ring (bicyclic) bond motifs is 1. The molecule has 1 saturated heterocycles. The highest BCUT2D eigenvalue weighted by atomic mass is 79.9. The minimum atomic E-state index is -1.06. The van der Waals surface area contributed by atoms with E-state index in [0.29, 0.717) is 61.5 Å². The zero-order chi connectivity index (χ0) is 26.3. The lowest BCUT2D eigenvalue weighted by molar-refractivity contribution is -0.139. The highest BCUT2D eigenvalue weighted by Gasteiger charge is 2.32. The van der Waals surface area contributed by atoms with E-state index in [1.54, 1.807) is 11.0 Å². The first-order valence-corrected chi connectivity index (χ1v) is 12.8. The summed E-state index contributed by atoms with van der Waals surface area (Å²) in [5, 5.41) is 18.0. The van der Waals surface area contributed by atoms with Crippen molar-refractivity contribution in [1.29, 1.82) is 5.41 Å². The first-order valence-electron chi connectivity index (χ1n) is 12.8. The maximum atomic E-state index is 13.6. The van der Waals surface area contributed by atoms with Crippen LogP contribution in [0.25, 0.3) is 0 Å². The number of hydrogen-bond donors (Lipinski definition) is 2. The fourth-order valence-electron chi connectivity index (χ4n) is 4.93. The Morgan fingerprint density at radius 2 is 1.89 bits per heavy atom.